The molecule has 0 bridgehead atoms. The summed E-state index contributed by atoms with van der Waals surface area (Å²) in [4.78, 5) is 26.8. The molecule has 29 heavy (non-hydrogen) atoms. The number of nitrogens with one attached hydrogen (secondary N) is 2. The van der Waals surface area contributed by atoms with E-state index in [4.69, 9.17) is 9.47 Å². The van der Waals surface area contributed by atoms with E-state index >= 15 is 0 Å². The quantitative estimate of drug-likeness (QED) is 0.782. The van der Waals surface area contributed by atoms with Crippen LogP contribution < -0.4 is 20.1 Å². The van der Waals surface area contributed by atoms with Crippen LogP contribution in [0.5, 0.6) is 11.5 Å². The van der Waals surface area contributed by atoms with Crippen molar-refractivity contribution in [3.63, 3.8) is 0 Å². The molecule has 0 saturated carbocycles. The Hall–Kier alpha value is -3.22. The van der Waals surface area contributed by atoms with Crippen LogP contribution in [0.1, 0.15) is 30.1 Å². The van der Waals surface area contributed by atoms with Gasteiger partial charge in [0, 0.05) is 30.4 Å². The fourth-order valence-electron chi connectivity index (χ4n) is 3.36. The van der Waals surface area contributed by atoms with Crippen LogP contribution >= 0.6 is 0 Å². The Bertz CT molecular complexity index is 833. The van der Waals surface area contributed by atoms with Gasteiger partial charge in [0.15, 0.2) is 11.5 Å². The highest BCUT2D eigenvalue weighted by Crippen LogP contribution is 2.29. The fourth-order valence-corrected chi connectivity index (χ4v) is 3.36. The Morgan fingerprint density at radius 3 is 2.45 bits per heavy atom. The van der Waals surface area contributed by atoms with Crippen LogP contribution in [-0.4, -0.2) is 49.7 Å². The second-order valence-electron chi connectivity index (χ2n) is 6.83. The van der Waals surface area contributed by atoms with E-state index in [0.29, 0.717) is 49.6 Å². The Morgan fingerprint density at radius 1 is 1.07 bits per heavy atom. The maximum atomic E-state index is 12.9. The van der Waals surface area contributed by atoms with Crippen LogP contribution in [0.2, 0.25) is 0 Å². The molecule has 1 saturated heterocycles. The third-order valence-corrected chi connectivity index (χ3v) is 4.86. The predicted octanol–water partition coefficient (Wildman–Crippen LogP) is 3.52. The molecule has 0 unspecified atom stereocenters. The molecule has 1 heterocycles. The van der Waals surface area contributed by atoms with Gasteiger partial charge in [-0.3, -0.25) is 4.79 Å². The van der Waals surface area contributed by atoms with Gasteiger partial charge < -0.3 is 25.0 Å². The number of hydrogen-bond donors (Lipinski definition) is 2. The van der Waals surface area contributed by atoms with E-state index < -0.39 is 0 Å². The van der Waals surface area contributed by atoms with E-state index in [1.165, 1.54) is 0 Å². The van der Waals surface area contributed by atoms with E-state index in [1.54, 1.807) is 25.3 Å². The Kier molecular flexibility index (Phi) is 6.94. The van der Waals surface area contributed by atoms with E-state index in [0.717, 1.165) is 5.69 Å². The average Bonchev–Trinajstić information content (AvgIpc) is 2.74. The maximum Gasteiger partial charge on any atom is 0.319 e. The zero-order chi connectivity index (χ0) is 20.6. The van der Waals surface area contributed by atoms with E-state index in [-0.39, 0.29) is 18.0 Å². The summed E-state index contributed by atoms with van der Waals surface area (Å²) >= 11 is 0. The van der Waals surface area contributed by atoms with Gasteiger partial charge in [-0.15, -0.1) is 0 Å². The molecule has 2 N–H and O–H groups in total. The summed E-state index contributed by atoms with van der Waals surface area (Å²) in [5, 5.41) is 5.80. The molecule has 3 amide bonds. The molecule has 0 aromatic heterocycles. The van der Waals surface area contributed by atoms with Gasteiger partial charge in [0.25, 0.3) is 5.91 Å². The minimum absolute atomic E-state index is 0.0395. The van der Waals surface area contributed by atoms with Gasteiger partial charge in [-0.05, 0) is 50.1 Å². The average molecular weight is 397 g/mol. The number of rotatable bonds is 6. The number of carbonyl (C=O) groups is 2. The first kappa shape index (κ1) is 20.5. The van der Waals surface area contributed by atoms with Gasteiger partial charge >= 0.3 is 6.03 Å². The molecule has 0 radical (unpaired) electrons. The number of amides is 3. The number of urea groups is 1. The number of likely N-dealkylation sites (tertiary alicyclic amines) is 1. The van der Waals surface area contributed by atoms with Crippen LogP contribution in [-0.2, 0) is 0 Å². The molecule has 154 valence electrons. The molecule has 0 aliphatic carbocycles. The van der Waals surface area contributed by atoms with Crippen molar-refractivity contribution in [2.45, 2.75) is 25.8 Å². The highest BCUT2D eigenvalue weighted by molar-refractivity contribution is 5.95. The highest BCUT2D eigenvalue weighted by atomic mass is 16.5. The lowest BCUT2D eigenvalue weighted by atomic mass is 10.0. The molecular formula is C22H27N3O4. The molecule has 2 aromatic rings. The summed E-state index contributed by atoms with van der Waals surface area (Å²) < 4.78 is 10.8. The number of para-hydroxylation sites is 1. The second kappa shape index (κ2) is 9.82. The van der Waals surface area contributed by atoms with Gasteiger partial charge in [-0.25, -0.2) is 4.79 Å². The smallest absolute Gasteiger partial charge is 0.319 e. The highest BCUT2D eigenvalue weighted by Gasteiger charge is 2.25. The fraction of sp³-hybridized carbons (Fsp3) is 0.364. The summed E-state index contributed by atoms with van der Waals surface area (Å²) in [6, 6.07) is 14.4. The molecule has 7 nitrogen and oxygen atoms in total. The van der Waals surface area contributed by atoms with Crippen molar-refractivity contribution in [1.29, 1.82) is 0 Å². The summed E-state index contributed by atoms with van der Waals surface area (Å²) in [5.74, 6) is 1.13. The lowest BCUT2D eigenvalue weighted by Gasteiger charge is -2.32. The normalized spacial score (nSPS) is 14.2. The van der Waals surface area contributed by atoms with Crippen molar-refractivity contribution in [3.05, 3.63) is 54.1 Å². The lowest BCUT2D eigenvalue weighted by Crippen LogP contribution is -2.47. The van der Waals surface area contributed by atoms with Gasteiger partial charge in [0.1, 0.15) is 0 Å². The third kappa shape index (κ3) is 5.40. The number of nitrogens with zero attached hydrogens (tertiary/aromatic N) is 1. The van der Waals surface area contributed by atoms with Crippen LogP contribution in [0.4, 0.5) is 10.5 Å². The maximum absolute atomic E-state index is 12.9. The van der Waals surface area contributed by atoms with Crippen molar-refractivity contribution >= 4 is 17.6 Å². The first-order valence-corrected chi connectivity index (χ1v) is 9.83. The molecule has 1 aliphatic heterocycles. The largest absolute Gasteiger partial charge is 0.493 e. The van der Waals surface area contributed by atoms with Crippen molar-refractivity contribution in [2.75, 3.05) is 32.1 Å². The van der Waals surface area contributed by atoms with Crippen LogP contribution in [0.3, 0.4) is 0 Å². The summed E-state index contributed by atoms with van der Waals surface area (Å²) in [6.45, 7) is 3.56. The Balaban J connectivity index is 1.53. The second-order valence-corrected chi connectivity index (χ2v) is 6.83. The molecule has 3 rings (SSSR count). The van der Waals surface area contributed by atoms with Gasteiger partial charge in [-0.1, -0.05) is 18.2 Å². The monoisotopic (exact) mass is 397 g/mol. The van der Waals surface area contributed by atoms with E-state index in [2.05, 4.69) is 10.6 Å². The lowest BCUT2D eigenvalue weighted by molar-refractivity contribution is 0.0708. The Morgan fingerprint density at radius 2 is 1.79 bits per heavy atom. The van der Waals surface area contributed by atoms with Gasteiger partial charge in [0.05, 0.1) is 13.7 Å². The summed E-state index contributed by atoms with van der Waals surface area (Å²) in [6.07, 6.45) is 1.42. The van der Waals surface area contributed by atoms with Gasteiger partial charge in [-0.2, -0.15) is 0 Å². The van der Waals surface area contributed by atoms with Crippen LogP contribution in [0, 0.1) is 0 Å². The summed E-state index contributed by atoms with van der Waals surface area (Å²) in [7, 11) is 1.57. The van der Waals surface area contributed by atoms with Crippen LogP contribution in [0.25, 0.3) is 0 Å². The number of benzene rings is 2. The van der Waals surface area contributed by atoms with Crippen LogP contribution in [0.15, 0.2) is 48.5 Å². The zero-order valence-electron chi connectivity index (χ0n) is 16.8. The summed E-state index contributed by atoms with van der Waals surface area (Å²) in [5.41, 5.74) is 1.32. The number of piperidine rings is 1. The van der Waals surface area contributed by atoms with Gasteiger partial charge in [0.2, 0.25) is 0 Å². The minimum atomic E-state index is -0.225. The third-order valence-electron chi connectivity index (χ3n) is 4.86. The molecule has 0 atom stereocenters. The zero-order valence-corrected chi connectivity index (χ0v) is 16.8. The van der Waals surface area contributed by atoms with Crippen molar-refractivity contribution in [3.8, 4) is 11.5 Å². The molecule has 7 heteroatoms. The molecule has 1 fully saturated rings. The number of carbonyl (C=O) groups excluding carboxylic acids is 2. The number of ether oxygens (including phenoxy) is 2. The topological polar surface area (TPSA) is 79.9 Å². The first-order valence-electron chi connectivity index (χ1n) is 9.83. The van der Waals surface area contributed by atoms with E-state index in [9.17, 15) is 9.59 Å². The van der Waals surface area contributed by atoms with Crippen molar-refractivity contribution < 1.29 is 19.1 Å². The van der Waals surface area contributed by atoms with Crippen molar-refractivity contribution in [1.82, 2.24) is 10.2 Å². The van der Waals surface area contributed by atoms with Crippen molar-refractivity contribution in [2.24, 2.45) is 0 Å². The number of methoxy groups -OCH3 is 1. The van der Waals surface area contributed by atoms with E-state index in [1.807, 2.05) is 42.2 Å². The first-order chi connectivity index (χ1) is 14.1. The number of hydrogen-bond acceptors (Lipinski definition) is 4. The minimum Gasteiger partial charge on any atom is -0.493 e. The molecule has 1 aliphatic rings. The standard InChI is InChI=1S/C22H27N3O4/c1-3-29-20-15-16(9-10-19(20)28-2)21(26)25-13-11-18(12-14-25)24-22(27)23-17-7-5-4-6-8-17/h4-10,15,18H,3,11-14H2,1-2H3,(H2,23,24,27). The molecule has 2 aromatic carbocycles. The Labute approximate surface area is 171 Å². The number of anilines is 1. The molecular weight excluding hydrogens is 370 g/mol. The molecule has 0 spiro atoms. The SMILES string of the molecule is CCOc1cc(C(=O)N2CCC(NC(=O)Nc3ccccc3)CC2)ccc1OC. The predicted molar refractivity (Wildman–Crippen MR) is 112 cm³/mol.